The van der Waals surface area contributed by atoms with E-state index in [0.29, 0.717) is 0 Å². The Hall–Kier alpha value is -0.760. The monoisotopic (exact) mass is 334 g/mol. The first kappa shape index (κ1) is 20.3. The molecule has 0 radical (unpaired) electrons. The summed E-state index contributed by atoms with van der Waals surface area (Å²) in [5.41, 5.74) is 0.764. The Balaban J connectivity index is 1.83. The average Bonchev–Trinajstić information content (AvgIpc) is 2.59. The molecule has 0 spiro atoms. The van der Waals surface area contributed by atoms with Gasteiger partial charge in [-0.05, 0) is 24.3 Å². The molecule has 0 aliphatic carbocycles. The SMILES string of the molecule is CCCCCCCCCCCCCCSc1ccc(C=O)cc1. The van der Waals surface area contributed by atoms with E-state index in [0.717, 1.165) is 11.8 Å². The fourth-order valence-electron chi connectivity index (χ4n) is 2.78. The highest BCUT2D eigenvalue weighted by molar-refractivity contribution is 7.99. The van der Waals surface area contributed by atoms with E-state index in [1.807, 2.05) is 23.9 Å². The normalized spacial score (nSPS) is 10.8. The molecule has 1 rings (SSSR count). The molecule has 0 unspecified atom stereocenters. The Morgan fingerprint density at radius 2 is 1.22 bits per heavy atom. The topological polar surface area (TPSA) is 17.1 Å². The van der Waals surface area contributed by atoms with Crippen LogP contribution in [-0.4, -0.2) is 12.0 Å². The third-order valence-corrected chi connectivity index (χ3v) is 5.38. The molecule has 0 fully saturated rings. The van der Waals surface area contributed by atoms with Gasteiger partial charge in [0.05, 0.1) is 0 Å². The first-order chi connectivity index (χ1) is 11.4. The summed E-state index contributed by atoms with van der Waals surface area (Å²) in [7, 11) is 0. The van der Waals surface area contributed by atoms with E-state index in [2.05, 4.69) is 19.1 Å². The first-order valence-electron chi connectivity index (χ1n) is 9.55. The fourth-order valence-corrected chi connectivity index (χ4v) is 3.69. The molecule has 1 aromatic rings. The molecule has 0 atom stereocenters. The zero-order chi connectivity index (χ0) is 16.6. The highest BCUT2D eigenvalue weighted by Gasteiger charge is 1.96. The molecular weight excluding hydrogens is 300 g/mol. The zero-order valence-electron chi connectivity index (χ0n) is 14.9. The van der Waals surface area contributed by atoms with Crippen molar-refractivity contribution in [2.24, 2.45) is 0 Å². The third kappa shape index (κ3) is 11.4. The molecular formula is C21H34OS. The molecule has 130 valence electrons. The molecule has 0 aliphatic heterocycles. The lowest BCUT2D eigenvalue weighted by atomic mass is 10.1. The van der Waals surface area contributed by atoms with E-state index in [1.54, 1.807) is 0 Å². The van der Waals surface area contributed by atoms with Crippen LogP contribution in [0.15, 0.2) is 29.2 Å². The van der Waals surface area contributed by atoms with Crippen molar-refractivity contribution in [2.75, 3.05) is 5.75 Å². The predicted octanol–water partition coefficient (Wildman–Crippen LogP) is 7.29. The minimum Gasteiger partial charge on any atom is -0.298 e. The third-order valence-electron chi connectivity index (χ3n) is 4.28. The maximum Gasteiger partial charge on any atom is 0.150 e. The number of rotatable bonds is 15. The van der Waals surface area contributed by atoms with Gasteiger partial charge in [-0.1, -0.05) is 89.7 Å². The van der Waals surface area contributed by atoms with Crippen LogP contribution in [-0.2, 0) is 0 Å². The number of hydrogen-bond donors (Lipinski definition) is 0. The lowest BCUT2D eigenvalue weighted by Crippen LogP contribution is -1.85. The summed E-state index contributed by atoms with van der Waals surface area (Å²) in [4.78, 5) is 11.9. The molecule has 1 nitrogen and oxygen atoms in total. The van der Waals surface area contributed by atoms with Crippen LogP contribution in [0.3, 0.4) is 0 Å². The van der Waals surface area contributed by atoms with Crippen LogP contribution in [0, 0.1) is 0 Å². The molecule has 1 aromatic carbocycles. The Morgan fingerprint density at radius 3 is 1.70 bits per heavy atom. The molecule has 2 heteroatoms. The van der Waals surface area contributed by atoms with Crippen molar-refractivity contribution < 1.29 is 4.79 Å². The maximum atomic E-state index is 10.6. The van der Waals surface area contributed by atoms with Crippen LogP contribution >= 0.6 is 11.8 Å². The zero-order valence-corrected chi connectivity index (χ0v) is 15.7. The van der Waals surface area contributed by atoms with Crippen LogP contribution in [0.4, 0.5) is 0 Å². The first-order valence-corrected chi connectivity index (χ1v) is 10.5. The van der Waals surface area contributed by atoms with E-state index in [-0.39, 0.29) is 0 Å². The maximum absolute atomic E-state index is 10.6. The second kappa shape index (κ2) is 14.8. The number of thioether (sulfide) groups is 1. The van der Waals surface area contributed by atoms with E-state index < -0.39 is 0 Å². The summed E-state index contributed by atoms with van der Waals surface area (Å²) in [5, 5.41) is 0. The smallest absolute Gasteiger partial charge is 0.150 e. The fraction of sp³-hybridized carbons (Fsp3) is 0.667. The highest BCUT2D eigenvalue weighted by atomic mass is 32.2. The molecule has 0 heterocycles. The number of carbonyl (C=O) groups is 1. The van der Waals surface area contributed by atoms with Crippen molar-refractivity contribution in [1.82, 2.24) is 0 Å². The van der Waals surface area contributed by atoms with Crippen LogP contribution in [0.25, 0.3) is 0 Å². The van der Waals surface area contributed by atoms with Crippen LogP contribution in [0.5, 0.6) is 0 Å². The number of carbonyl (C=O) groups excluding carboxylic acids is 1. The van der Waals surface area contributed by atoms with Crippen LogP contribution < -0.4 is 0 Å². The van der Waals surface area contributed by atoms with Gasteiger partial charge in [-0.3, -0.25) is 4.79 Å². The minimum atomic E-state index is 0.764. The van der Waals surface area contributed by atoms with Crippen molar-refractivity contribution in [3.05, 3.63) is 29.8 Å². The summed E-state index contributed by atoms with van der Waals surface area (Å²) in [6.07, 6.45) is 17.8. The molecule has 0 N–H and O–H groups in total. The molecule has 0 saturated carbocycles. The number of hydrogen-bond acceptors (Lipinski definition) is 2. The Bertz CT molecular complexity index is 385. The van der Waals surface area contributed by atoms with Gasteiger partial charge in [-0.15, -0.1) is 11.8 Å². The molecule has 0 amide bonds. The number of aldehydes is 1. The number of benzene rings is 1. The van der Waals surface area contributed by atoms with E-state index >= 15 is 0 Å². The largest absolute Gasteiger partial charge is 0.298 e. The van der Waals surface area contributed by atoms with Crippen molar-refractivity contribution in [1.29, 1.82) is 0 Å². The molecule has 23 heavy (non-hydrogen) atoms. The van der Waals surface area contributed by atoms with Crippen molar-refractivity contribution in [2.45, 2.75) is 88.9 Å². The second-order valence-corrected chi connectivity index (χ2v) is 7.59. The molecule has 0 aliphatic rings. The second-order valence-electron chi connectivity index (χ2n) is 6.42. The van der Waals surface area contributed by atoms with Crippen LogP contribution in [0.1, 0.15) is 94.3 Å². The Morgan fingerprint density at radius 1 is 0.739 bits per heavy atom. The Kier molecular flexibility index (Phi) is 13.1. The standard InChI is InChI=1S/C21H34OS/c1-2-3-4-5-6-7-8-9-10-11-12-13-18-23-21-16-14-20(19-22)15-17-21/h14-17,19H,2-13,18H2,1H3. The van der Waals surface area contributed by atoms with Gasteiger partial charge < -0.3 is 0 Å². The quantitative estimate of drug-likeness (QED) is 0.190. The molecule has 0 bridgehead atoms. The number of unbranched alkanes of at least 4 members (excludes halogenated alkanes) is 11. The van der Waals surface area contributed by atoms with Crippen molar-refractivity contribution >= 4 is 18.0 Å². The summed E-state index contributed by atoms with van der Waals surface area (Å²) < 4.78 is 0. The van der Waals surface area contributed by atoms with Crippen LogP contribution in [0.2, 0.25) is 0 Å². The van der Waals surface area contributed by atoms with Gasteiger partial charge in [-0.25, -0.2) is 0 Å². The van der Waals surface area contributed by atoms with E-state index in [4.69, 9.17) is 0 Å². The van der Waals surface area contributed by atoms with Gasteiger partial charge in [0.15, 0.2) is 0 Å². The highest BCUT2D eigenvalue weighted by Crippen LogP contribution is 2.20. The van der Waals surface area contributed by atoms with Gasteiger partial charge in [0.1, 0.15) is 6.29 Å². The van der Waals surface area contributed by atoms with Gasteiger partial charge >= 0.3 is 0 Å². The predicted molar refractivity (Wildman–Crippen MR) is 104 cm³/mol. The minimum absolute atomic E-state index is 0.764. The molecule has 0 aromatic heterocycles. The summed E-state index contributed by atoms with van der Waals surface area (Å²) in [5.74, 6) is 1.19. The molecule has 0 saturated heterocycles. The van der Waals surface area contributed by atoms with Gasteiger partial charge in [0, 0.05) is 10.5 Å². The summed E-state index contributed by atoms with van der Waals surface area (Å²) in [6, 6.07) is 7.90. The van der Waals surface area contributed by atoms with E-state index in [1.165, 1.54) is 87.7 Å². The summed E-state index contributed by atoms with van der Waals surface area (Å²) >= 11 is 1.90. The Labute approximate surface area is 147 Å². The van der Waals surface area contributed by atoms with Gasteiger partial charge in [-0.2, -0.15) is 0 Å². The van der Waals surface area contributed by atoms with E-state index in [9.17, 15) is 4.79 Å². The van der Waals surface area contributed by atoms with Crippen molar-refractivity contribution in [3.8, 4) is 0 Å². The van der Waals surface area contributed by atoms with Gasteiger partial charge in [0.25, 0.3) is 0 Å². The summed E-state index contributed by atoms with van der Waals surface area (Å²) in [6.45, 7) is 2.28. The lowest BCUT2D eigenvalue weighted by molar-refractivity contribution is 0.112. The lowest BCUT2D eigenvalue weighted by Gasteiger charge is -2.03. The van der Waals surface area contributed by atoms with Crippen molar-refractivity contribution in [3.63, 3.8) is 0 Å². The average molecular weight is 335 g/mol. The van der Waals surface area contributed by atoms with Gasteiger partial charge in [0.2, 0.25) is 0 Å².